The number of benzene rings is 1. The molecule has 2 aromatic rings. The SMILES string of the molecule is COc1ccc(Br)cc1C(=O)NC(=S)Nc1sc2c(c1C#N)CC[C@@H](C(C)(C)C)C2. The van der Waals surface area contributed by atoms with Crippen molar-refractivity contribution in [2.24, 2.45) is 11.3 Å². The largest absolute Gasteiger partial charge is 0.496 e. The molecule has 0 saturated carbocycles. The predicted molar refractivity (Wildman–Crippen MR) is 128 cm³/mol. The monoisotopic (exact) mass is 505 g/mol. The quantitative estimate of drug-likeness (QED) is 0.525. The van der Waals surface area contributed by atoms with Crippen molar-refractivity contribution in [3.05, 3.63) is 44.2 Å². The Morgan fingerprint density at radius 1 is 1.40 bits per heavy atom. The van der Waals surface area contributed by atoms with Gasteiger partial charge in [0.05, 0.1) is 18.2 Å². The van der Waals surface area contributed by atoms with Crippen molar-refractivity contribution < 1.29 is 9.53 Å². The van der Waals surface area contributed by atoms with Gasteiger partial charge in [0.25, 0.3) is 5.91 Å². The van der Waals surface area contributed by atoms with E-state index in [4.69, 9.17) is 17.0 Å². The van der Waals surface area contributed by atoms with E-state index < -0.39 is 0 Å². The highest BCUT2D eigenvalue weighted by atomic mass is 79.9. The lowest BCUT2D eigenvalue weighted by atomic mass is 9.72. The summed E-state index contributed by atoms with van der Waals surface area (Å²) in [5.74, 6) is 0.660. The van der Waals surface area contributed by atoms with E-state index in [-0.39, 0.29) is 16.4 Å². The zero-order chi connectivity index (χ0) is 22.1. The van der Waals surface area contributed by atoms with Crippen LogP contribution in [0.3, 0.4) is 0 Å². The molecule has 1 aromatic heterocycles. The first kappa shape index (κ1) is 22.7. The molecule has 8 heteroatoms. The van der Waals surface area contributed by atoms with Crippen molar-refractivity contribution in [1.82, 2.24) is 5.32 Å². The number of ether oxygens (including phenoxy) is 1. The smallest absolute Gasteiger partial charge is 0.261 e. The fourth-order valence-corrected chi connectivity index (χ4v) is 5.60. The van der Waals surface area contributed by atoms with Gasteiger partial charge >= 0.3 is 0 Å². The standard InChI is InChI=1S/C22H24BrN3O2S2/c1-22(2,3)12-5-7-14-16(11-24)20(30-18(14)9-12)26-21(29)25-19(27)15-10-13(23)6-8-17(15)28-4/h6,8,10,12H,5,7,9H2,1-4H3,(H2,25,26,27,29)/t12-/m1/s1. The number of nitrogens with zero attached hydrogens (tertiary/aromatic N) is 1. The first-order valence-corrected chi connectivity index (χ1v) is 11.7. The molecule has 1 heterocycles. The number of hydrogen-bond acceptors (Lipinski definition) is 5. The van der Waals surface area contributed by atoms with Gasteiger partial charge in [-0.15, -0.1) is 11.3 Å². The number of carbonyl (C=O) groups is 1. The number of hydrogen-bond donors (Lipinski definition) is 2. The number of thiocarbonyl (C=S) groups is 1. The molecule has 158 valence electrons. The van der Waals surface area contributed by atoms with E-state index in [0.717, 1.165) is 29.3 Å². The third kappa shape index (κ3) is 4.85. The summed E-state index contributed by atoms with van der Waals surface area (Å²) in [5.41, 5.74) is 2.36. The van der Waals surface area contributed by atoms with Crippen LogP contribution >= 0.6 is 39.5 Å². The average Bonchev–Trinajstić information content (AvgIpc) is 3.02. The maximum atomic E-state index is 12.7. The van der Waals surface area contributed by atoms with E-state index in [1.165, 1.54) is 12.0 Å². The number of halogens is 1. The normalized spacial score (nSPS) is 15.7. The molecule has 1 aliphatic rings. The fraction of sp³-hybridized carbons (Fsp3) is 0.409. The zero-order valence-corrected chi connectivity index (χ0v) is 20.6. The van der Waals surface area contributed by atoms with Crippen LogP contribution in [0.15, 0.2) is 22.7 Å². The van der Waals surface area contributed by atoms with Crippen LogP contribution in [-0.2, 0) is 12.8 Å². The van der Waals surface area contributed by atoms with E-state index in [1.807, 2.05) is 0 Å². The molecule has 30 heavy (non-hydrogen) atoms. The maximum absolute atomic E-state index is 12.7. The van der Waals surface area contributed by atoms with Gasteiger partial charge in [-0.05, 0) is 66.6 Å². The van der Waals surface area contributed by atoms with Gasteiger partial charge in [0.2, 0.25) is 0 Å². The summed E-state index contributed by atoms with van der Waals surface area (Å²) >= 11 is 10.3. The number of methoxy groups -OCH3 is 1. The van der Waals surface area contributed by atoms with Gasteiger partial charge in [0.15, 0.2) is 5.11 Å². The van der Waals surface area contributed by atoms with Crippen molar-refractivity contribution in [3.63, 3.8) is 0 Å². The Balaban J connectivity index is 1.77. The zero-order valence-electron chi connectivity index (χ0n) is 17.4. The number of amides is 1. The molecule has 1 atom stereocenters. The lowest BCUT2D eigenvalue weighted by molar-refractivity contribution is 0.0974. The van der Waals surface area contributed by atoms with E-state index in [0.29, 0.717) is 27.8 Å². The first-order valence-electron chi connectivity index (χ1n) is 9.64. The van der Waals surface area contributed by atoms with Crippen molar-refractivity contribution in [1.29, 1.82) is 5.26 Å². The molecule has 0 fully saturated rings. The van der Waals surface area contributed by atoms with Crippen LogP contribution in [-0.4, -0.2) is 18.1 Å². The van der Waals surface area contributed by atoms with Crippen LogP contribution in [0.1, 0.15) is 53.6 Å². The summed E-state index contributed by atoms with van der Waals surface area (Å²) in [6.07, 6.45) is 2.94. The molecule has 0 aliphatic heterocycles. The van der Waals surface area contributed by atoms with Crippen LogP contribution in [0, 0.1) is 22.7 Å². The second kappa shape index (κ2) is 9.04. The Morgan fingerprint density at radius 3 is 2.77 bits per heavy atom. The van der Waals surface area contributed by atoms with Crippen LogP contribution in [0.4, 0.5) is 5.00 Å². The van der Waals surface area contributed by atoms with E-state index >= 15 is 0 Å². The Morgan fingerprint density at radius 2 is 2.13 bits per heavy atom. The molecule has 0 bridgehead atoms. The lowest BCUT2D eigenvalue weighted by Crippen LogP contribution is -2.34. The van der Waals surface area contributed by atoms with Crippen molar-refractivity contribution in [3.8, 4) is 11.8 Å². The second-order valence-electron chi connectivity index (χ2n) is 8.38. The molecule has 3 rings (SSSR count). The summed E-state index contributed by atoms with van der Waals surface area (Å²) < 4.78 is 6.03. The Labute approximate surface area is 194 Å². The highest BCUT2D eigenvalue weighted by Gasteiger charge is 2.32. The molecule has 0 saturated heterocycles. The number of rotatable bonds is 3. The molecule has 0 unspecified atom stereocenters. The Hall–Kier alpha value is -1.95. The number of thiophene rings is 1. The van der Waals surface area contributed by atoms with E-state index in [1.54, 1.807) is 29.5 Å². The number of fused-ring (bicyclic) bond motifs is 1. The predicted octanol–water partition coefficient (Wildman–Crippen LogP) is 5.67. The van der Waals surface area contributed by atoms with Gasteiger partial charge in [0.1, 0.15) is 16.8 Å². The van der Waals surface area contributed by atoms with Gasteiger partial charge < -0.3 is 10.1 Å². The van der Waals surface area contributed by atoms with Gasteiger partial charge in [-0.25, -0.2) is 0 Å². The van der Waals surface area contributed by atoms with Crippen molar-refractivity contribution >= 4 is 55.5 Å². The minimum absolute atomic E-state index is 0.157. The van der Waals surface area contributed by atoms with Gasteiger partial charge in [-0.3, -0.25) is 10.1 Å². The van der Waals surface area contributed by atoms with E-state index in [2.05, 4.69) is 53.4 Å². The molecule has 5 nitrogen and oxygen atoms in total. The third-order valence-corrected chi connectivity index (χ3v) is 7.33. The molecular weight excluding hydrogens is 482 g/mol. The highest BCUT2D eigenvalue weighted by molar-refractivity contribution is 9.10. The molecule has 1 aliphatic carbocycles. The number of nitrogens with one attached hydrogen (secondary N) is 2. The van der Waals surface area contributed by atoms with Crippen LogP contribution in [0.5, 0.6) is 5.75 Å². The van der Waals surface area contributed by atoms with Gasteiger partial charge in [-0.1, -0.05) is 36.7 Å². The Bertz CT molecular complexity index is 1030. The van der Waals surface area contributed by atoms with Crippen LogP contribution in [0.25, 0.3) is 0 Å². The molecule has 2 N–H and O–H groups in total. The molecule has 1 amide bonds. The number of nitriles is 1. The topological polar surface area (TPSA) is 74.2 Å². The van der Waals surface area contributed by atoms with E-state index in [9.17, 15) is 10.1 Å². The molecular formula is C22H24BrN3O2S2. The summed E-state index contributed by atoms with van der Waals surface area (Å²) in [6, 6.07) is 7.51. The number of anilines is 1. The average molecular weight is 506 g/mol. The van der Waals surface area contributed by atoms with Crippen LogP contribution in [0.2, 0.25) is 0 Å². The minimum atomic E-state index is -0.377. The van der Waals surface area contributed by atoms with Gasteiger partial charge in [0, 0.05) is 9.35 Å². The van der Waals surface area contributed by atoms with Crippen molar-refractivity contribution in [2.75, 3.05) is 12.4 Å². The minimum Gasteiger partial charge on any atom is -0.496 e. The third-order valence-electron chi connectivity index (χ3n) is 5.46. The van der Waals surface area contributed by atoms with Crippen molar-refractivity contribution in [2.45, 2.75) is 40.0 Å². The summed E-state index contributed by atoms with van der Waals surface area (Å²) in [4.78, 5) is 13.9. The van der Waals surface area contributed by atoms with Crippen LogP contribution < -0.4 is 15.4 Å². The lowest BCUT2D eigenvalue weighted by Gasteiger charge is -2.33. The second-order valence-corrected chi connectivity index (χ2v) is 10.8. The summed E-state index contributed by atoms with van der Waals surface area (Å²) in [7, 11) is 1.51. The highest BCUT2D eigenvalue weighted by Crippen LogP contribution is 2.44. The fourth-order valence-electron chi connectivity index (χ4n) is 3.69. The molecule has 1 aromatic carbocycles. The first-order chi connectivity index (χ1) is 14.1. The molecule has 0 spiro atoms. The maximum Gasteiger partial charge on any atom is 0.261 e. The Kier molecular flexibility index (Phi) is 6.85. The molecule has 0 radical (unpaired) electrons. The summed E-state index contributed by atoms with van der Waals surface area (Å²) in [5, 5.41) is 16.3. The summed E-state index contributed by atoms with van der Waals surface area (Å²) in [6.45, 7) is 6.80. The number of carbonyl (C=O) groups excluding carboxylic acids is 1. The van der Waals surface area contributed by atoms with Gasteiger partial charge in [-0.2, -0.15) is 5.26 Å².